The van der Waals surface area contributed by atoms with Crippen molar-refractivity contribution in [1.29, 1.82) is 0 Å². The van der Waals surface area contributed by atoms with E-state index in [1.54, 1.807) is 0 Å². The van der Waals surface area contributed by atoms with Crippen LogP contribution in [0.2, 0.25) is 0 Å². The average molecular weight is 280 g/mol. The third-order valence-corrected chi connectivity index (χ3v) is 4.07. The van der Waals surface area contributed by atoms with Crippen molar-refractivity contribution < 1.29 is 17.6 Å². The van der Waals surface area contributed by atoms with E-state index in [4.69, 9.17) is 4.74 Å². The predicted octanol–water partition coefficient (Wildman–Crippen LogP) is 1.56. The van der Waals surface area contributed by atoms with Crippen LogP contribution in [0.5, 0.6) is 0 Å². The molecule has 0 aliphatic carbocycles. The van der Waals surface area contributed by atoms with Gasteiger partial charge in [0.15, 0.2) is 9.84 Å². The van der Waals surface area contributed by atoms with Crippen LogP contribution >= 0.6 is 0 Å². The highest BCUT2D eigenvalue weighted by Gasteiger charge is 2.16. The first-order valence-corrected chi connectivity index (χ1v) is 8.32. The van der Waals surface area contributed by atoms with Crippen LogP contribution in [0.1, 0.15) is 27.2 Å². The SMILES string of the molecule is CC(C)(C)COCCCS(=O)(=O)CC[N+](C)(C)C. The Bertz CT molecular complexity index is 323. The van der Waals surface area contributed by atoms with Gasteiger partial charge in [0.25, 0.3) is 0 Å². The van der Waals surface area contributed by atoms with Crippen molar-refractivity contribution in [3.8, 4) is 0 Å². The molecular formula is C13H30NO3S+. The lowest BCUT2D eigenvalue weighted by Gasteiger charge is -2.23. The molecule has 0 saturated carbocycles. The Kier molecular flexibility index (Phi) is 6.82. The molecule has 18 heavy (non-hydrogen) atoms. The lowest BCUT2D eigenvalue weighted by Crippen LogP contribution is -2.39. The van der Waals surface area contributed by atoms with Crippen LogP contribution in [0, 0.1) is 5.41 Å². The van der Waals surface area contributed by atoms with Gasteiger partial charge in [-0.15, -0.1) is 0 Å². The molecule has 0 spiro atoms. The first-order valence-electron chi connectivity index (χ1n) is 6.50. The molecule has 0 amide bonds. The molecule has 0 aromatic carbocycles. The normalized spacial score (nSPS) is 13.9. The van der Waals surface area contributed by atoms with Gasteiger partial charge in [-0.1, -0.05) is 20.8 Å². The maximum absolute atomic E-state index is 11.8. The summed E-state index contributed by atoms with van der Waals surface area (Å²) < 4.78 is 29.7. The second kappa shape index (κ2) is 6.87. The summed E-state index contributed by atoms with van der Waals surface area (Å²) in [5.41, 5.74) is 0.141. The van der Waals surface area contributed by atoms with Crippen LogP contribution in [0.3, 0.4) is 0 Å². The third-order valence-electron chi connectivity index (χ3n) is 2.35. The molecule has 0 aromatic rings. The Morgan fingerprint density at radius 2 is 1.61 bits per heavy atom. The van der Waals surface area contributed by atoms with Crippen LogP contribution in [0.25, 0.3) is 0 Å². The molecule has 0 aliphatic rings. The van der Waals surface area contributed by atoms with E-state index >= 15 is 0 Å². The molecule has 4 nitrogen and oxygen atoms in total. The van der Waals surface area contributed by atoms with Gasteiger partial charge in [0.2, 0.25) is 0 Å². The van der Waals surface area contributed by atoms with Crippen molar-refractivity contribution in [2.45, 2.75) is 27.2 Å². The van der Waals surface area contributed by atoms with E-state index in [2.05, 4.69) is 20.8 Å². The Labute approximate surface area is 113 Å². The summed E-state index contributed by atoms with van der Waals surface area (Å²) in [6.07, 6.45) is 0.593. The molecule has 0 saturated heterocycles. The fourth-order valence-electron chi connectivity index (χ4n) is 1.27. The molecule has 0 N–H and O–H groups in total. The molecule has 0 atom stereocenters. The second-order valence-corrected chi connectivity index (χ2v) is 9.44. The van der Waals surface area contributed by atoms with Crippen molar-refractivity contribution in [3.63, 3.8) is 0 Å². The van der Waals surface area contributed by atoms with Crippen molar-refractivity contribution >= 4 is 9.84 Å². The average Bonchev–Trinajstić information content (AvgIpc) is 2.11. The van der Waals surface area contributed by atoms with E-state index in [-0.39, 0.29) is 16.9 Å². The zero-order valence-corrected chi connectivity index (χ0v) is 13.6. The van der Waals surface area contributed by atoms with Crippen molar-refractivity contribution in [2.24, 2.45) is 5.41 Å². The van der Waals surface area contributed by atoms with E-state index in [0.717, 1.165) is 0 Å². The summed E-state index contributed by atoms with van der Waals surface area (Å²) in [4.78, 5) is 0. The number of sulfone groups is 1. The van der Waals surface area contributed by atoms with Crippen LogP contribution in [0.15, 0.2) is 0 Å². The zero-order chi connectivity index (χ0) is 14.4. The summed E-state index contributed by atoms with van der Waals surface area (Å²) in [5, 5.41) is 0. The maximum atomic E-state index is 11.8. The van der Waals surface area contributed by atoms with E-state index in [1.807, 2.05) is 21.1 Å². The molecule has 0 rings (SSSR count). The second-order valence-electron chi connectivity index (χ2n) is 7.13. The predicted molar refractivity (Wildman–Crippen MR) is 76.4 cm³/mol. The Morgan fingerprint density at radius 1 is 1.06 bits per heavy atom. The van der Waals surface area contributed by atoms with E-state index < -0.39 is 9.84 Å². The molecular weight excluding hydrogens is 250 g/mol. The maximum Gasteiger partial charge on any atom is 0.155 e. The van der Waals surface area contributed by atoms with Crippen LogP contribution in [0.4, 0.5) is 0 Å². The first-order chi connectivity index (χ1) is 7.91. The smallest absolute Gasteiger partial charge is 0.155 e. The van der Waals surface area contributed by atoms with Gasteiger partial charge in [-0.3, -0.25) is 0 Å². The summed E-state index contributed by atoms with van der Waals surface area (Å²) in [6.45, 7) is 8.17. The standard InChI is InChI=1S/C13H30NO3S/c1-13(2,3)12-17-9-7-10-18(15,16)11-8-14(4,5)6/h7-12H2,1-6H3/q+1. The summed E-state index contributed by atoms with van der Waals surface area (Å²) >= 11 is 0. The lowest BCUT2D eigenvalue weighted by molar-refractivity contribution is -0.867. The largest absolute Gasteiger partial charge is 0.381 e. The number of hydrogen-bond acceptors (Lipinski definition) is 3. The van der Waals surface area contributed by atoms with Crippen molar-refractivity contribution in [3.05, 3.63) is 0 Å². The highest BCUT2D eigenvalue weighted by Crippen LogP contribution is 2.12. The molecule has 0 aliphatic heterocycles. The van der Waals surface area contributed by atoms with Crippen molar-refractivity contribution in [2.75, 3.05) is 52.4 Å². The Balaban J connectivity index is 3.79. The molecule has 5 heteroatoms. The minimum absolute atomic E-state index is 0.141. The summed E-state index contributed by atoms with van der Waals surface area (Å²) in [5.74, 6) is 0.493. The zero-order valence-electron chi connectivity index (χ0n) is 12.8. The van der Waals surface area contributed by atoms with Gasteiger partial charge in [0, 0.05) is 6.61 Å². The van der Waals surface area contributed by atoms with E-state index in [9.17, 15) is 8.42 Å². The Hall–Kier alpha value is -0.130. The van der Waals surface area contributed by atoms with Gasteiger partial charge >= 0.3 is 0 Å². The Morgan fingerprint density at radius 3 is 2.06 bits per heavy atom. The highest BCUT2D eigenvalue weighted by molar-refractivity contribution is 7.91. The molecule has 0 radical (unpaired) electrons. The van der Waals surface area contributed by atoms with Crippen LogP contribution < -0.4 is 0 Å². The number of ether oxygens (including phenoxy) is 1. The monoisotopic (exact) mass is 280 g/mol. The van der Waals surface area contributed by atoms with Crippen LogP contribution in [-0.2, 0) is 14.6 Å². The van der Waals surface area contributed by atoms with Gasteiger partial charge in [0.05, 0.1) is 45.8 Å². The molecule has 0 unspecified atom stereocenters. The van der Waals surface area contributed by atoms with E-state index in [0.29, 0.717) is 30.7 Å². The quantitative estimate of drug-likeness (QED) is 0.500. The minimum Gasteiger partial charge on any atom is -0.381 e. The number of hydrogen-bond donors (Lipinski definition) is 0. The molecule has 0 bridgehead atoms. The fourth-order valence-corrected chi connectivity index (χ4v) is 2.86. The topological polar surface area (TPSA) is 43.4 Å². The van der Waals surface area contributed by atoms with Gasteiger partial charge < -0.3 is 9.22 Å². The molecule has 0 fully saturated rings. The highest BCUT2D eigenvalue weighted by atomic mass is 32.2. The van der Waals surface area contributed by atoms with Crippen LogP contribution in [-0.4, -0.2) is 65.3 Å². The molecule has 110 valence electrons. The van der Waals surface area contributed by atoms with Crippen molar-refractivity contribution in [1.82, 2.24) is 0 Å². The lowest BCUT2D eigenvalue weighted by atomic mass is 9.99. The minimum atomic E-state index is -2.93. The molecule has 0 heterocycles. The summed E-state index contributed by atoms with van der Waals surface area (Å²) in [7, 11) is 3.08. The number of nitrogens with zero attached hydrogens (tertiary/aromatic N) is 1. The van der Waals surface area contributed by atoms with Gasteiger partial charge in [-0.05, 0) is 11.8 Å². The summed E-state index contributed by atoms with van der Waals surface area (Å²) in [6, 6.07) is 0. The fraction of sp³-hybridized carbons (Fsp3) is 1.00. The van der Waals surface area contributed by atoms with Gasteiger partial charge in [-0.2, -0.15) is 0 Å². The first kappa shape index (κ1) is 17.9. The number of rotatable bonds is 8. The van der Waals surface area contributed by atoms with Gasteiger partial charge in [0.1, 0.15) is 0 Å². The molecule has 0 aromatic heterocycles. The van der Waals surface area contributed by atoms with Gasteiger partial charge in [-0.25, -0.2) is 8.42 Å². The third kappa shape index (κ3) is 12.3. The number of quaternary nitrogens is 1. The van der Waals surface area contributed by atoms with E-state index in [1.165, 1.54) is 0 Å².